The van der Waals surface area contributed by atoms with Gasteiger partial charge in [-0.2, -0.15) is 0 Å². The number of hydrogen-bond acceptors (Lipinski definition) is 5. The minimum atomic E-state index is -1.08. The van der Waals surface area contributed by atoms with Gasteiger partial charge in [0.15, 0.2) is 0 Å². The fourth-order valence-corrected chi connectivity index (χ4v) is 4.42. The van der Waals surface area contributed by atoms with Crippen molar-refractivity contribution in [3.8, 4) is 11.5 Å². The Morgan fingerprint density at radius 3 is 2.61 bits per heavy atom. The number of urea groups is 1. The van der Waals surface area contributed by atoms with Crippen molar-refractivity contribution < 1.29 is 24.2 Å². The SMILES string of the molecule is CCc1ccc(OC[C@@H](O)CN2C(=O)N[C@@]3(CCCc4cc(OC)ccc43)C2=O)cc1. The van der Waals surface area contributed by atoms with Crippen LogP contribution < -0.4 is 14.8 Å². The number of rotatable bonds is 7. The van der Waals surface area contributed by atoms with Crippen LogP contribution in [0.5, 0.6) is 11.5 Å². The van der Waals surface area contributed by atoms with E-state index in [0.29, 0.717) is 12.2 Å². The van der Waals surface area contributed by atoms with Crippen LogP contribution in [0, 0.1) is 0 Å². The number of imide groups is 1. The summed E-state index contributed by atoms with van der Waals surface area (Å²) < 4.78 is 10.9. The van der Waals surface area contributed by atoms with Crippen LogP contribution in [0.2, 0.25) is 0 Å². The number of β-amino-alcohol motifs (C(OH)–C–C–N with tert-alkyl or cyclic N) is 1. The fourth-order valence-electron chi connectivity index (χ4n) is 4.42. The number of carbonyl (C=O) groups is 2. The normalized spacial score (nSPS) is 21.1. The molecule has 0 aromatic heterocycles. The van der Waals surface area contributed by atoms with Gasteiger partial charge in [-0.1, -0.05) is 25.1 Å². The van der Waals surface area contributed by atoms with Crippen molar-refractivity contribution in [3.63, 3.8) is 0 Å². The third-order valence-electron chi connectivity index (χ3n) is 6.11. The molecule has 2 aliphatic rings. The Kier molecular flexibility index (Phi) is 5.87. The van der Waals surface area contributed by atoms with E-state index in [1.165, 1.54) is 5.56 Å². The first-order valence-electron chi connectivity index (χ1n) is 10.7. The molecule has 1 spiro atoms. The zero-order valence-corrected chi connectivity index (χ0v) is 17.9. The van der Waals surface area contributed by atoms with E-state index in [2.05, 4.69) is 12.2 Å². The molecule has 2 aromatic rings. The van der Waals surface area contributed by atoms with E-state index in [1.54, 1.807) is 13.2 Å². The van der Waals surface area contributed by atoms with Gasteiger partial charge in [0.2, 0.25) is 0 Å². The number of hydrogen-bond donors (Lipinski definition) is 2. The van der Waals surface area contributed by atoms with Gasteiger partial charge >= 0.3 is 6.03 Å². The summed E-state index contributed by atoms with van der Waals surface area (Å²) in [7, 11) is 1.60. The molecule has 1 saturated heterocycles. The molecule has 1 heterocycles. The van der Waals surface area contributed by atoms with Gasteiger partial charge in [0.05, 0.1) is 13.7 Å². The second kappa shape index (κ2) is 8.59. The summed E-state index contributed by atoms with van der Waals surface area (Å²) in [5.74, 6) is 1.04. The molecule has 4 rings (SSSR count). The Morgan fingerprint density at radius 1 is 1.16 bits per heavy atom. The van der Waals surface area contributed by atoms with E-state index in [0.717, 1.165) is 41.0 Å². The highest BCUT2D eigenvalue weighted by atomic mass is 16.5. The van der Waals surface area contributed by atoms with Crippen LogP contribution >= 0.6 is 0 Å². The molecule has 1 aliphatic heterocycles. The lowest BCUT2D eigenvalue weighted by molar-refractivity contribution is -0.133. The Morgan fingerprint density at radius 2 is 1.90 bits per heavy atom. The van der Waals surface area contributed by atoms with Gasteiger partial charge in [-0.15, -0.1) is 0 Å². The molecule has 164 valence electrons. The van der Waals surface area contributed by atoms with E-state index < -0.39 is 17.7 Å². The molecule has 0 unspecified atom stereocenters. The van der Waals surface area contributed by atoms with E-state index in [9.17, 15) is 14.7 Å². The Hall–Kier alpha value is -3.06. The van der Waals surface area contributed by atoms with Crippen molar-refractivity contribution in [1.82, 2.24) is 10.2 Å². The molecule has 3 amide bonds. The standard InChI is InChI=1S/C24H28N2O5/c1-3-16-6-8-19(9-7-16)31-15-18(27)14-26-22(28)24(25-23(26)29)12-4-5-17-13-20(30-2)10-11-21(17)24/h6-11,13,18,27H,3-5,12,14-15H2,1-2H3,(H,25,29)/t18-,24+/m0/s1. The van der Waals surface area contributed by atoms with Gasteiger partial charge in [0.1, 0.15) is 29.7 Å². The summed E-state index contributed by atoms with van der Waals surface area (Å²) in [6, 6.07) is 12.7. The molecule has 0 radical (unpaired) electrons. The first kappa shape index (κ1) is 21.2. The number of carbonyl (C=O) groups excluding carboxylic acids is 2. The van der Waals surface area contributed by atoms with Crippen molar-refractivity contribution in [2.24, 2.45) is 0 Å². The van der Waals surface area contributed by atoms with Crippen molar-refractivity contribution in [2.45, 2.75) is 44.2 Å². The Balaban J connectivity index is 1.45. The van der Waals surface area contributed by atoms with E-state index in [1.807, 2.05) is 36.4 Å². The number of ether oxygens (including phenoxy) is 2. The van der Waals surface area contributed by atoms with Crippen LogP contribution in [-0.2, 0) is 23.2 Å². The van der Waals surface area contributed by atoms with Crippen molar-refractivity contribution >= 4 is 11.9 Å². The predicted molar refractivity (Wildman–Crippen MR) is 115 cm³/mol. The highest BCUT2D eigenvalue weighted by Crippen LogP contribution is 2.41. The molecule has 2 atom stereocenters. The van der Waals surface area contributed by atoms with Gasteiger partial charge in [-0.05, 0) is 66.6 Å². The maximum Gasteiger partial charge on any atom is 0.325 e. The average molecular weight is 424 g/mol. The van der Waals surface area contributed by atoms with Crippen molar-refractivity contribution in [1.29, 1.82) is 0 Å². The second-order valence-electron chi connectivity index (χ2n) is 8.09. The van der Waals surface area contributed by atoms with Gasteiger partial charge in [0.25, 0.3) is 5.91 Å². The fraction of sp³-hybridized carbons (Fsp3) is 0.417. The Bertz CT molecular complexity index is 974. The van der Waals surface area contributed by atoms with Crippen LogP contribution in [0.3, 0.4) is 0 Å². The summed E-state index contributed by atoms with van der Waals surface area (Å²) >= 11 is 0. The van der Waals surface area contributed by atoms with Crippen molar-refractivity contribution in [3.05, 3.63) is 59.2 Å². The van der Waals surface area contributed by atoms with Crippen LogP contribution in [0.4, 0.5) is 4.79 Å². The topological polar surface area (TPSA) is 88.1 Å². The molecule has 1 aliphatic carbocycles. The van der Waals surface area contributed by atoms with Crippen LogP contribution in [0.1, 0.15) is 36.5 Å². The number of fused-ring (bicyclic) bond motifs is 2. The molecule has 0 saturated carbocycles. The van der Waals surface area contributed by atoms with Crippen LogP contribution in [0.25, 0.3) is 0 Å². The van der Waals surface area contributed by atoms with Crippen LogP contribution in [-0.4, -0.2) is 48.3 Å². The lowest BCUT2D eigenvalue weighted by Crippen LogP contribution is -2.47. The molecule has 1 fully saturated rings. The van der Waals surface area contributed by atoms with E-state index in [4.69, 9.17) is 9.47 Å². The summed E-state index contributed by atoms with van der Waals surface area (Å²) in [6.45, 7) is 1.94. The first-order valence-corrected chi connectivity index (χ1v) is 10.7. The quantitative estimate of drug-likeness (QED) is 0.668. The lowest BCUT2D eigenvalue weighted by atomic mass is 9.76. The number of aryl methyl sites for hydroxylation is 2. The number of nitrogens with zero attached hydrogens (tertiary/aromatic N) is 1. The molecule has 31 heavy (non-hydrogen) atoms. The highest BCUT2D eigenvalue weighted by molar-refractivity contribution is 6.07. The minimum absolute atomic E-state index is 0.0106. The number of aliphatic hydroxyl groups excluding tert-OH is 1. The molecular weight excluding hydrogens is 396 g/mol. The largest absolute Gasteiger partial charge is 0.497 e. The number of nitrogens with one attached hydrogen (secondary N) is 1. The number of amides is 3. The molecule has 7 heteroatoms. The van der Waals surface area contributed by atoms with E-state index >= 15 is 0 Å². The third-order valence-corrected chi connectivity index (χ3v) is 6.11. The molecule has 0 bridgehead atoms. The summed E-state index contributed by atoms with van der Waals surface area (Å²) in [5.41, 5.74) is 1.93. The summed E-state index contributed by atoms with van der Waals surface area (Å²) in [4.78, 5) is 27.1. The zero-order valence-electron chi connectivity index (χ0n) is 17.9. The maximum atomic E-state index is 13.3. The number of methoxy groups -OCH3 is 1. The average Bonchev–Trinajstić information content (AvgIpc) is 3.02. The van der Waals surface area contributed by atoms with Gasteiger partial charge in [0, 0.05) is 0 Å². The smallest absolute Gasteiger partial charge is 0.325 e. The molecule has 7 nitrogen and oxygen atoms in total. The highest BCUT2D eigenvalue weighted by Gasteiger charge is 2.54. The third kappa shape index (κ3) is 3.97. The zero-order chi connectivity index (χ0) is 22.0. The van der Waals surface area contributed by atoms with Crippen molar-refractivity contribution in [2.75, 3.05) is 20.3 Å². The molecule has 2 aromatic carbocycles. The monoisotopic (exact) mass is 424 g/mol. The summed E-state index contributed by atoms with van der Waals surface area (Å²) in [5, 5.41) is 13.3. The first-order chi connectivity index (χ1) is 15.0. The lowest BCUT2D eigenvalue weighted by Gasteiger charge is -2.33. The molecular formula is C24H28N2O5. The minimum Gasteiger partial charge on any atom is -0.497 e. The summed E-state index contributed by atoms with van der Waals surface area (Å²) in [6.07, 6.45) is 2.08. The number of benzene rings is 2. The predicted octanol–water partition coefficient (Wildman–Crippen LogP) is 2.78. The van der Waals surface area contributed by atoms with E-state index in [-0.39, 0.29) is 19.1 Å². The van der Waals surface area contributed by atoms with Gasteiger partial charge in [-0.25, -0.2) is 4.79 Å². The second-order valence-corrected chi connectivity index (χ2v) is 8.09. The number of aliphatic hydroxyl groups is 1. The maximum absolute atomic E-state index is 13.3. The van der Waals surface area contributed by atoms with Gasteiger partial charge in [-0.3, -0.25) is 9.69 Å². The van der Waals surface area contributed by atoms with Gasteiger partial charge < -0.3 is 19.9 Å². The molecule has 2 N–H and O–H groups in total. The van der Waals surface area contributed by atoms with Crippen LogP contribution in [0.15, 0.2) is 42.5 Å². The Labute approximate surface area is 182 Å².